The first-order valence-corrected chi connectivity index (χ1v) is 7.95. The first kappa shape index (κ1) is 14.8. The average Bonchev–Trinajstić information content (AvgIpc) is 2.52. The standard InChI is InChI=1S/C8H16NO6PS/c1-6(2)5-7-8(15-17(11,12)9-7)16(10,13-3)14-4/h6,8H,5H2,1-4H3. The number of hydrogen-bond donors (Lipinski definition) is 0. The zero-order valence-electron chi connectivity index (χ0n) is 10.1. The average molecular weight is 285 g/mol. The quantitative estimate of drug-likeness (QED) is 0.712. The van der Waals surface area contributed by atoms with Crippen LogP contribution in [0.4, 0.5) is 0 Å². The maximum atomic E-state index is 12.1. The molecule has 0 aromatic carbocycles. The van der Waals surface area contributed by atoms with Crippen molar-refractivity contribution < 1.29 is 26.2 Å². The van der Waals surface area contributed by atoms with Crippen LogP contribution >= 0.6 is 7.60 Å². The van der Waals surface area contributed by atoms with Crippen LogP contribution in [-0.2, 0) is 28.1 Å². The van der Waals surface area contributed by atoms with E-state index in [4.69, 9.17) is 9.05 Å². The molecule has 1 heterocycles. The van der Waals surface area contributed by atoms with E-state index < -0.39 is 23.7 Å². The van der Waals surface area contributed by atoms with Gasteiger partial charge in [-0.3, -0.25) is 4.57 Å². The fourth-order valence-corrected chi connectivity index (χ4v) is 4.17. The minimum atomic E-state index is -4.04. The summed E-state index contributed by atoms with van der Waals surface area (Å²) >= 11 is 0. The van der Waals surface area contributed by atoms with Crippen molar-refractivity contribution >= 4 is 23.6 Å². The normalized spacial score (nSPS) is 24.1. The lowest BCUT2D eigenvalue weighted by Crippen LogP contribution is -2.22. The van der Waals surface area contributed by atoms with Gasteiger partial charge in [0.15, 0.2) is 0 Å². The number of nitrogens with zero attached hydrogens (tertiary/aromatic N) is 1. The lowest BCUT2D eigenvalue weighted by atomic mass is 10.1. The predicted octanol–water partition coefficient (Wildman–Crippen LogP) is 1.56. The first-order chi connectivity index (χ1) is 7.74. The Kier molecular flexibility index (Phi) is 4.49. The molecule has 1 aliphatic heterocycles. The molecule has 0 fully saturated rings. The molecule has 0 amide bonds. The minimum Gasteiger partial charge on any atom is -0.310 e. The maximum Gasteiger partial charge on any atom is 0.382 e. The van der Waals surface area contributed by atoms with E-state index in [0.717, 1.165) is 0 Å². The lowest BCUT2D eigenvalue weighted by Gasteiger charge is -2.20. The molecule has 1 atom stereocenters. The summed E-state index contributed by atoms with van der Waals surface area (Å²) in [5, 5.41) is 0. The second kappa shape index (κ2) is 5.16. The summed E-state index contributed by atoms with van der Waals surface area (Å²) in [5.41, 5.74) is 0.173. The summed E-state index contributed by atoms with van der Waals surface area (Å²) < 4.78 is 52.2. The molecule has 1 rings (SSSR count). The molecule has 7 nitrogen and oxygen atoms in total. The molecule has 0 aromatic rings. The Bertz CT molecular complexity index is 449. The molecular weight excluding hydrogens is 269 g/mol. The molecule has 17 heavy (non-hydrogen) atoms. The summed E-state index contributed by atoms with van der Waals surface area (Å²) in [4.78, 5) is 0. The molecule has 0 radical (unpaired) electrons. The van der Waals surface area contributed by atoms with E-state index in [1.54, 1.807) is 0 Å². The molecule has 0 saturated carbocycles. The van der Waals surface area contributed by atoms with Gasteiger partial charge >= 0.3 is 17.9 Å². The second-order valence-corrected chi connectivity index (χ2v) is 7.47. The van der Waals surface area contributed by atoms with E-state index in [9.17, 15) is 13.0 Å². The SMILES string of the molecule is COP(=O)(OC)C1OS(=O)(=O)N=C1CC(C)C. The van der Waals surface area contributed by atoms with E-state index >= 15 is 0 Å². The third-order valence-corrected chi connectivity index (χ3v) is 5.17. The highest BCUT2D eigenvalue weighted by Crippen LogP contribution is 2.55. The van der Waals surface area contributed by atoms with Crippen molar-refractivity contribution in [2.45, 2.75) is 26.1 Å². The molecule has 0 aliphatic carbocycles. The molecule has 1 aliphatic rings. The van der Waals surface area contributed by atoms with Crippen LogP contribution < -0.4 is 0 Å². The van der Waals surface area contributed by atoms with Crippen molar-refractivity contribution in [2.75, 3.05) is 14.2 Å². The molecule has 0 bridgehead atoms. The van der Waals surface area contributed by atoms with Gasteiger partial charge in [0.25, 0.3) is 0 Å². The summed E-state index contributed by atoms with van der Waals surface area (Å²) in [6.45, 7) is 3.77. The van der Waals surface area contributed by atoms with E-state index in [0.29, 0.717) is 6.42 Å². The monoisotopic (exact) mass is 285 g/mol. The highest BCUT2D eigenvalue weighted by molar-refractivity contribution is 7.86. The van der Waals surface area contributed by atoms with Crippen LogP contribution in [0, 0.1) is 5.92 Å². The van der Waals surface area contributed by atoms with E-state index in [2.05, 4.69) is 8.58 Å². The van der Waals surface area contributed by atoms with Crippen molar-refractivity contribution in [3.8, 4) is 0 Å². The Balaban J connectivity index is 3.09. The topological polar surface area (TPSA) is 91.3 Å². The van der Waals surface area contributed by atoms with Gasteiger partial charge in [-0.15, -0.1) is 4.40 Å². The largest absolute Gasteiger partial charge is 0.382 e. The molecule has 100 valence electrons. The van der Waals surface area contributed by atoms with Crippen LogP contribution in [0.2, 0.25) is 0 Å². The van der Waals surface area contributed by atoms with Gasteiger partial charge in [0.05, 0.1) is 5.71 Å². The summed E-state index contributed by atoms with van der Waals surface area (Å²) in [5.74, 6) is -1.12. The fourth-order valence-electron chi connectivity index (χ4n) is 1.44. The molecule has 9 heteroatoms. The van der Waals surface area contributed by atoms with Crippen LogP contribution in [0.15, 0.2) is 4.40 Å². The first-order valence-electron chi connectivity index (χ1n) is 4.97. The van der Waals surface area contributed by atoms with Gasteiger partial charge in [-0.05, 0) is 12.3 Å². The van der Waals surface area contributed by atoms with Crippen LogP contribution in [0.5, 0.6) is 0 Å². The van der Waals surface area contributed by atoms with Gasteiger partial charge in [0.1, 0.15) is 0 Å². The lowest BCUT2D eigenvalue weighted by molar-refractivity contribution is 0.226. The zero-order chi connectivity index (χ0) is 13.3. The third-order valence-electron chi connectivity index (χ3n) is 2.14. The van der Waals surface area contributed by atoms with Crippen LogP contribution in [0.3, 0.4) is 0 Å². The van der Waals surface area contributed by atoms with Crippen LogP contribution in [0.1, 0.15) is 20.3 Å². The smallest absolute Gasteiger partial charge is 0.310 e. The maximum absolute atomic E-state index is 12.1. The second-order valence-electron chi connectivity index (χ2n) is 3.96. The number of rotatable bonds is 5. The fraction of sp³-hybridized carbons (Fsp3) is 0.875. The summed E-state index contributed by atoms with van der Waals surface area (Å²) in [7, 11) is -5.35. The van der Waals surface area contributed by atoms with E-state index in [1.807, 2.05) is 13.8 Å². The molecule has 0 spiro atoms. The van der Waals surface area contributed by atoms with Gasteiger partial charge < -0.3 is 9.05 Å². The Labute approximate surface area is 101 Å². The van der Waals surface area contributed by atoms with Gasteiger partial charge in [0, 0.05) is 14.2 Å². The predicted molar refractivity (Wildman–Crippen MR) is 62.3 cm³/mol. The van der Waals surface area contributed by atoms with Gasteiger partial charge in [0.2, 0.25) is 5.85 Å². The highest BCUT2D eigenvalue weighted by atomic mass is 32.2. The summed E-state index contributed by atoms with van der Waals surface area (Å²) in [6.07, 6.45) is 0.348. The molecule has 0 saturated heterocycles. The van der Waals surface area contributed by atoms with Crippen molar-refractivity contribution in [2.24, 2.45) is 10.3 Å². The van der Waals surface area contributed by atoms with Crippen LogP contribution in [0.25, 0.3) is 0 Å². The van der Waals surface area contributed by atoms with Gasteiger partial charge in [-0.2, -0.15) is 8.42 Å². The molecule has 0 N–H and O–H groups in total. The molecule has 1 unspecified atom stereocenters. The summed E-state index contributed by atoms with van der Waals surface area (Å²) in [6, 6.07) is 0. The van der Waals surface area contributed by atoms with Gasteiger partial charge in [-0.25, -0.2) is 4.18 Å². The highest BCUT2D eigenvalue weighted by Gasteiger charge is 2.47. The van der Waals surface area contributed by atoms with Crippen molar-refractivity contribution in [3.63, 3.8) is 0 Å². The molecule has 0 aromatic heterocycles. The van der Waals surface area contributed by atoms with Crippen LogP contribution in [-0.4, -0.2) is 34.2 Å². The third kappa shape index (κ3) is 3.35. The Morgan fingerprint density at radius 3 is 2.35 bits per heavy atom. The van der Waals surface area contributed by atoms with Crippen molar-refractivity contribution in [1.29, 1.82) is 0 Å². The Hall–Kier alpha value is -0.270. The zero-order valence-corrected chi connectivity index (χ0v) is 11.8. The number of hydrogen-bond acceptors (Lipinski definition) is 6. The van der Waals surface area contributed by atoms with E-state index in [-0.39, 0.29) is 11.6 Å². The van der Waals surface area contributed by atoms with E-state index in [1.165, 1.54) is 14.2 Å². The Morgan fingerprint density at radius 1 is 1.41 bits per heavy atom. The molecular formula is C8H16NO6PS. The minimum absolute atomic E-state index is 0.148. The Morgan fingerprint density at radius 2 is 1.94 bits per heavy atom. The van der Waals surface area contributed by atoms with Crippen molar-refractivity contribution in [1.82, 2.24) is 0 Å². The van der Waals surface area contributed by atoms with Crippen molar-refractivity contribution in [3.05, 3.63) is 0 Å². The van der Waals surface area contributed by atoms with Gasteiger partial charge in [-0.1, -0.05) is 13.8 Å².